The monoisotopic (exact) mass is 948 g/mol. The minimum atomic E-state index is -5.58. The second kappa shape index (κ2) is 16.0. The van der Waals surface area contributed by atoms with Crippen molar-refractivity contribution >= 4 is 99.6 Å². The number of para-hydroxylation sites is 1. The van der Waals surface area contributed by atoms with Crippen LogP contribution in [0.2, 0.25) is 0 Å². The van der Waals surface area contributed by atoms with E-state index in [0.29, 0.717) is 12.1 Å². The van der Waals surface area contributed by atoms with Gasteiger partial charge in [-0.05, 0) is 66.0 Å². The van der Waals surface area contributed by atoms with Crippen LogP contribution in [-0.4, -0.2) is 69.3 Å². The highest BCUT2D eigenvalue weighted by molar-refractivity contribution is 7.95. The van der Waals surface area contributed by atoms with Gasteiger partial charge in [-0.3, -0.25) is 13.7 Å². The fraction of sp³-hybridized carbons (Fsp3) is 0. The number of phenolic OH excluding ortho intramolecular Hbond substituents is 1. The van der Waals surface area contributed by atoms with Crippen molar-refractivity contribution in [3.05, 3.63) is 90.8 Å². The molecule has 5 aromatic carbocycles. The molecule has 5 rings (SSSR count). The molecule has 5 aromatic rings. The van der Waals surface area contributed by atoms with Gasteiger partial charge in [-0.25, -0.2) is 8.42 Å². The Hall–Kier alpha value is -5.80. The Kier molecular flexibility index (Phi) is 12.1. The molecule has 30 heteroatoms. The Morgan fingerprint density at radius 2 is 1.13 bits per heavy atom. The first-order chi connectivity index (χ1) is 27.6. The molecule has 60 heavy (non-hydrogen) atoms. The number of hydrogen-bond acceptors (Lipinski definition) is 21. The Morgan fingerprint density at radius 3 is 1.65 bits per heavy atom. The molecule has 0 heterocycles. The molecule has 0 aliphatic carbocycles. The number of anilines is 1. The SMILES string of the molecule is C=CS(=O)(=O)c1cc(N=Nc2c(S(=O)(=O)O)cc3cc(S(=O)(=O)O)c(N=Nc4ccc(S(=O)(=O)Oc5ccccc5)cc4)c(O)c3c2N)c(S(=O)(=O)O)cc1S(=O)(=O)ON. The van der Waals surface area contributed by atoms with Crippen LogP contribution in [0.5, 0.6) is 11.5 Å². The van der Waals surface area contributed by atoms with Gasteiger partial charge in [-0.2, -0.15) is 57.4 Å². The third-order valence-corrected chi connectivity index (χ3v) is 14.2. The Bertz CT molecular complexity index is 3360. The summed E-state index contributed by atoms with van der Waals surface area (Å²) in [5.41, 5.74) is 1.51. The summed E-state index contributed by atoms with van der Waals surface area (Å²) in [7, 11) is -31.0. The van der Waals surface area contributed by atoms with Crippen molar-refractivity contribution in [2.45, 2.75) is 29.4 Å². The van der Waals surface area contributed by atoms with Gasteiger partial charge in [0, 0.05) is 5.41 Å². The van der Waals surface area contributed by atoms with Crippen LogP contribution in [0.1, 0.15) is 0 Å². The molecule has 8 N–H and O–H groups in total. The van der Waals surface area contributed by atoms with Gasteiger partial charge in [0.2, 0.25) is 9.84 Å². The maximum Gasteiger partial charge on any atom is 0.339 e. The summed E-state index contributed by atoms with van der Waals surface area (Å²) in [4.78, 5) is -7.13. The summed E-state index contributed by atoms with van der Waals surface area (Å²) in [6, 6.07) is 12.9. The highest BCUT2D eigenvalue weighted by atomic mass is 32.2. The van der Waals surface area contributed by atoms with Crippen LogP contribution in [0.4, 0.5) is 28.4 Å². The van der Waals surface area contributed by atoms with Crippen LogP contribution in [0.25, 0.3) is 10.8 Å². The van der Waals surface area contributed by atoms with E-state index < -0.39 is 124 Å². The Balaban J connectivity index is 1.73. The van der Waals surface area contributed by atoms with E-state index in [1.165, 1.54) is 24.3 Å². The first kappa shape index (κ1) is 45.3. The zero-order chi connectivity index (χ0) is 44.8. The number of sulfone groups is 1. The summed E-state index contributed by atoms with van der Waals surface area (Å²) in [6.45, 7) is 3.02. The number of hydrogen-bond donors (Lipinski definition) is 6. The third-order valence-electron chi connectivity index (χ3n) is 7.69. The standard InChI is InChI=1S/C30H24N6O18S6/c1-2-55(38,39)22-14-20(21(56(40,41)42)15-23(22)60(51,52)54-32)34-35-28-24(57(43,44)45)12-16-13-25(58(46,47)48)29(30(37)26(16)27(28)31)36-33-17-8-10-19(11-9-17)59(49,50)53-18-6-4-3-5-7-18/h2-15,37H,1,31-32H2,(H,40,41,42)(H,43,44,45)(H,46,47,48). The summed E-state index contributed by atoms with van der Waals surface area (Å²) in [5.74, 6) is 3.47. The van der Waals surface area contributed by atoms with Gasteiger partial charge in [-0.15, -0.1) is 15.3 Å². The van der Waals surface area contributed by atoms with E-state index >= 15 is 0 Å². The molecular formula is C30H24N6O18S6. The lowest BCUT2D eigenvalue weighted by Crippen LogP contribution is -2.16. The lowest BCUT2D eigenvalue weighted by molar-refractivity contribution is 0.331. The smallest absolute Gasteiger partial charge is 0.339 e. The average Bonchev–Trinajstić information content (AvgIpc) is 3.15. The van der Waals surface area contributed by atoms with Crippen LogP contribution in [0.3, 0.4) is 0 Å². The van der Waals surface area contributed by atoms with E-state index in [2.05, 4.69) is 31.3 Å². The lowest BCUT2D eigenvalue weighted by Gasteiger charge is -2.14. The van der Waals surface area contributed by atoms with E-state index in [-0.39, 0.29) is 33.9 Å². The Morgan fingerprint density at radius 1 is 0.600 bits per heavy atom. The maximum atomic E-state index is 12.8. The molecule has 318 valence electrons. The molecule has 0 atom stereocenters. The highest BCUT2D eigenvalue weighted by Gasteiger charge is 2.32. The average molecular weight is 949 g/mol. The summed E-state index contributed by atoms with van der Waals surface area (Å²) in [5, 5.41) is 24.5. The first-order valence-corrected chi connectivity index (χ1v) is 24.0. The van der Waals surface area contributed by atoms with Gasteiger partial charge in [0.1, 0.15) is 47.3 Å². The van der Waals surface area contributed by atoms with Crippen molar-refractivity contribution in [2.75, 3.05) is 5.73 Å². The van der Waals surface area contributed by atoms with Crippen molar-refractivity contribution in [1.82, 2.24) is 0 Å². The minimum Gasteiger partial charge on any atom is -0.505 e. The topological polar surface area (TPSA) is 406 Å². The molecule has 0 saturated carbocycles. The quantitative estimate of drug-likeness (QED) is 0.0301. The molecule has 0 unspecified atom stereocenters. The molecular weight excluding hydrogens is 925 g/mol. The molecule has 0 aliphatic heterocycles. The summed E-state index contributed by atoms with van der Waals surface area (Å²) in [6.07, 6.45) is 0. The van der Waals surface area contributed by atoms with Gasteiger partial charge in [0.05, 0.1) is 21.7 Å². The van der Waals surface area contributed by atoms with Gasteiger partial charge >= 0.3 is 20.2 Å². The number of nitrogens with zero attached hydrogens (tertiary/aromatic N) is 4. The molecule has 0 spiro atoms. The highest BCUT2D eigenvalue weighted by Crippen LogP contribution is 2.48. The number of nitrogen functional groups attached to an aromatic ring is 1. The van der Waals surface area contributed by atoms with E-state index in [1.54, 1.807) is 6.07 Å². The predicted molar refractivity (Wildman–Crippen MR) is 205 cm³/mol. The molecule has 0 bridgehead atoms. The van der Waals surface area contributed by atoms with Gasteiger partial charge < -0.3 is 15.0 Å². The number of fused-ring (bicyclic) bond motifs is 1. The van der Waals surface area contributed by atoms with Crippen LogP contribution >= 0.6 is 0 Å². The second-order valence-electron chi connectivity index (χ2n) is 11.5. The van der Waals surface area contributed by atoms with Crippen molar-refractivity contribution in [2.24, 2.45) is 26.4 Å². The van der Waals surface area contributed by atoms with Crippen LogP contribution < -0.4 is 15.8 Å². The molecule has 0 amide bonds. The van der Waals surface area contributed by atoms with Gasteiger partial charge in [0.25, 0.3) is 30.4 Å². The number of azo groups is 2. The molecule has 0 saturated heterocycles. The first-order valence-electron chi connectivity index (χ1n) is 15.3. The molecule has 0 aliphatic rings. The second-order valence-corrected chi connectivity index (χ2v) is 20.6. The maximum absolute atomic E-state index is 12.8. The summed E-state index contributed by atoms with van der Waals surface area (Å²) < 4.78 is 189. The largest absolute Gasteiger partial charge is 0.505 e. The number of phenols is 1. The van der Waals surface area contributed by atoms with E-state index in [0.717, 1.165) is 24.3 Å². The van der Waals surface area contributed by atoms with E-state index in [9.17, 15) is 69.3 Å². The molecule has 24 nitrogen and oxygen atoms in total. The Labute approximate surface area is 339 Å². The van der Waals surface area contributed by atoms with Crippen molar-refractivity contribution in [3.8, 4) is 11.5 Å². The van der Waals surface area contributed by atoms with Gasteiger partial charge in [-0.1, -0.05) is 24.8 Å². The third kappa shape index (κ3) is 9.32. The minimum absolute atomic E-state index is 0.000457. The lowest BCUT2D eigenvalue weighted by atomic mass is 10.1. The van der Waals surface area contributed by atoms with E-state index in [1.807, 2.05) is 0 Å². The molecule has 0 radical (unpaired) electrons. The zero-order valence-corrected chi connectivity index (χ0v) is 34.1. The van der Waals surface area contributed by atoms with Crippen LogP contribution in [-0.2, 0) is 64.7 Å². The fourth-order valence-electron chi connectivity index (χ4n) is 5.02. The normalized spacial score (nSPS) is 13.3. The molecule has 0 aromatic heterocycles. The fourth-order valence-corrected chi connectivity index (χ4v) is 10.1. The van der Waals surface area contributed by atoms with Crippen molar-refractivity contribution < 1.29 is 77.7 Å². The van der Waals surface area contributed by atoms with Crippen molar-refractivity contribution in [3.63, 3.8) is 0 Å². The van der Waals surface area contributed by atoms with E-state index in [4.69, 9.17) is 15.8 Å². The predicted octanol–water partition coefficient (Wildman–Crippen LogP) is 3.96. The number of nitrogens with two attached hydrogens (primary N) is 2. The van der Waals surface area contributed by atoms with Crippen molar-refractivity contribution in [1.29, 1.82) is 0 Å². The number of aromatic hydroxyl groups is 1. The number of rotatable bonds is 14. The van der Waals surface area contributed by atoms with Crippen LogP contribution in [0.15, 0.2) is 141 Å². The zero-order valence-electron chi connectivity index (χ0n) is 29.2. The van der Waals surface area contributed by atoms with Crippen LogP contribution in [0, 0.1) is 0 Å². The number of benzene rings is 5. The summed E-state index contributed by atoms with van der Waals surface area (Å²) >= 11 is 0. The van der Waals surface area contributed by atoms with Gasteiger partial charge in [0.15, 0.2) is 5.75 Å². The molecule has 0 fully saturated rings.